The molecule has 2 amide bonds. The lowest BCUT2D eigenvalue weighted by molar-refractivity contribution is -0.138. The SMILES string of the molecule is Cc1ccccc1C1CC(Br)C(=O)N(CC(=O)NC(C)(C)C)C(c2ccccc2)C1. The highest BCUT2D eigenvalue weighted by Crippen LogP contribution is 2.41. The van der Waals surface area contributed by atoms with Crippen molar-refractivity contribution in [1.82, 2.24) is 10.2 Å². The summed E-state index contributed by atoms with van der Waals surface area (Å²) < 4.78 is 0. The van der Waals surface area contributed by atoms with Crippen LogP contribution in [-0.2, 0) is 9.59 Å². The van der Waals surface area contributed by atoms with Crippen molar-refractivity contribution >= 4 is 27.7 Å². The Morgan fingerprint density at radius 1 is 1.07 bits per heavy atom. The first kappa shape index (κ1) is 22.5. The molecule has 0 aliphatic carbocycles. The third kappa shape index (κ3) is 5.51. The number of aryl methyl sites for hydroxylation is 1. The summed E-state index contributed by atoms with van der Waals surface area (Å²) in [6.45, 7) is 8.03. The second-order valence-corrected chi connectivity index (χ2v) is 10.3. The molecule has 5 heteroatoms. The average Bonchev–Trinajstić information content (AvgIpc) is 2.79. The summed E-state index contributed by atoms with van der Waals surface area (Å²) in [6, 6.07) is 18.3. The van der Waals surface area contributed by atoms with Crippen molar-refractivity contribution in [1.29, 1.82) is 0 Å². The van der Waals surface area contributed by atoms with Crippen LogP contribution in [0.5, 0.6) is 0 Å². The molecule has 160 valence electrons. The number of hydrogen-bond acceptors (Lipinski definition) is 2. The van der Waals surface area contributed by atoms with Gasteiger partial charge in [0.25, 0.3) is 0 Å². The van der Waals surface area contributed by atoms with Crippen LogP contribution in [-0.4, -0.2) is 33.6 Å². The first-order valence-corrected chi connectivity index (χ1v) is 11.4. The molecule has 0 saturated carbocycles. The van der Waals surface area contributed by atoms with Gasteiger partial charge in [-0.25, -0.2) is 0 Å². The highest BCUT2D eigenvalue weighted by Gasteiger charge is 2.38. The van der Waals surface area contributed by atoms with E-state index in [4.69, 9.17) is 0 Å². The largest absolute Gasteiger partial charge is 0.350 e. The predicted molar refractivity (Wildman–Crippen MR) is 125 cm³/mol. The summed E-state index contributed by atoms with van der Waals surface area (Å²) in [5, 5.41) is 3.00. The van der Waals surface area contributed by atoms with Gasteiger partial charge in [0.1, 0.15) is 6.54 Å². The molecule has 1 saturated heterocycles. The number of benzene rings is 2. The molecule has 2 aromatic carbocycles. The van der Waals surface area contributed by atoms with Crippen LogP contribution >= 0.6 is 15.9 Å². The molecule has 1 heterocycles. The van der Waals surface area contributed by atoms with Gasteiger partial charge in [-0.2, -0.15) is 0 Å². The van der Waals surface area contributed by atoms with Gasteiger partial charge < -0.3 is 10.2 Å². The Morgan fingerprint density at radius 3 is 2.33 bits per heavy atom. The van der Waals surface area contributed by atoms with Crippen molar-refractivity contribution in [2.24, 2.45) is 0 Å². The van der Waals surface area contributed by atoms with Crippen molar-refractivity contribution in [3.8, 4) is 0 Å². The van der Waals surface area contributed by atoms with Crippen molar-refractivity contribution in [3.05, 3.63) is 71.3 Å². The normalized spacial score (nSPS) is 22.5. The Balaban J connectivity index is 1.98. The summed E-state index contributed by atoms with van der Waals surface area (Å²) in [5.74, 6) is 0.0650. The van der Waals surface area contributed by atoms with E-state index in [0.717, 1.165) is 12.0 Å². The Morgan fingerprint density at radius 2 is 1.70 bits per heavy atom. The van der Waals surface area contributed by atoms with Crippen molar-refractivity contribution in [2.45, 2.75) is 62.9 Å². The quantitative estimate of drug-likeness (QED) is 0.630. The maximum atomic E-state index is 13.4. The minimum absolute atomic E-state index is 0.0241. The Labute approximate surface area is 188 Å². The summed E-state index contributed by atoms with van der Waals surface area (Å²) in [7, 11) is 0. The van der Waals surface area contributed by atoms with Gasteiger partial charge in [-0.05, 0) is 63.1 Å². The number of carbonyl (C=O) groups is 2. The van der Waals surface area contributed by atoms with Gasteiger partial charge in [0.2, 0.25) is 11.8 Å². The van der Waals surface area contributed by atoms with E-state index in [1.807, 2.05) is 45.0 Å². The number of nitrogens with one attached hydrogen (secondary N) is 1. The number of likely N-dealkylation sites (tertiary alicyclic amines) is 1. The summed E-state index contributed by atoms with van der Waals surface area (Å²) in [6.07, 6.45) is 1.50. The standard InChI is InChI=1S/C25H31BrN2O2/c1-17-10-8-9-13-20(17)19-14-21(26)24(30)28(16-23(29)27-25(2,3)4)22(15-19)18-11-6-5-7-12-18/h5-13,19,21-22H,14-16H2,1-4H3,(H,27,29). The minimum Gasteiger partial charge on any atom is -0.350 e. The molecule has 3 rings (SSSR count). The molecule has 1 fully saturated rings. The van der Waals surface area contributed by atoms with Crippen molar-refractivity contribution < 1.29 is 9.59 Å². The highest BCUT2D eigenvalue weighted by atomic mass is 79.9. The van der Waals surface area contributed by atoms with E-state index in [0.29, 0.717) is 6.42 Å². The summed E-state index contributed by atoms with van der Waals surface area (Å²) >= 11 is 3.63. The number of hydrogen-bond donors (Lipinski definition) is 1. The molecule has 0 bridgehead atoms. The Bertz CT molecular complexity index is 892. The van der Waals surface area contributed by atoms with Crippen LogP contribution in [0.3, 0.4) is 0 Å². The molecule has 2 aromatic rings. The molecule has 0 radical (unpaired) electrons. The van der Waals surface area contributed by atoms with Gasteiger partial charge >= 0.3 is 0 Å². The molecule has 0 spiro atoms. The van der Waals surface area contributed by atoms with E-state index in [1.54, 1.807) is 4.90 Å². The number of amides is 2. The minimum atomic E-state index is -0.342. The van der Waals surface area contributed by atoms with E-state index in [2.05, 4.69) is 58.5 Å². The van der Waals surface area contributed by atoms with E-state index in [1.165, 1.54) is 11.1 Å². The maximum Gasteiger partial charge on any atom is 0.240 e. The summed E-state index contributed by atoms with van der Waals surface area (Å²) in [5.41, 5.74) is 3.23. The first-order valence-electron chi connectivity index (χ1n) is 10.5. The van der Waals surface area contributed by atoms with Crippen LogP contribution in [0.1, 0.15) is 62.3 Å². The third-order valence-electron chi connectivity index (χ3n) is 5.57. The smallest absolute Gasteiger partial charge is 0.240 e. The van der Waals surface area contributed by atoms with E-state index >= 15 is 0 Å². The number of rotatable bonds is 4. The molecule has 3 atom stereocenters. The number of halogens is 1. The lowest BCUT2D eigenvalue weighted by atomic mass is 9.85. The molecule has 30 heavy (non-hydrogen) atoms. The second kappa shape index (κ2) is 9.34. The molecule has 4 nitrogen and oxygen atoms in total. The topological polar surface area (TPSA) is 49.4 Å². The Kier molecular flexibility index (Phi) is 7.02. The average molecular weight is 471 g/mol. The van der Waals surface area contributed by atoms with Gasteiger partial charge in [-0.15, -0.1) is 0 Å². The predicted octanol–water partition coefficient (Wildman–Crippen LogP) is 5.12. The summed E-state index contributed by atoms with van der Waals surface area (Å²) in [4.78, 5) is 27.6. The lowest BCUT2D eigenvalue weighted by Gasteiger charge is -2.33. The molecule has 1 N–H and O–H groups in total. The van der Waals surface area contributed by atoms with Gasteiger partial charge in [0, 0.05) is 5.54 Å². The van der Waals surface area contributed by atoms with Crippen LogP contribution < -0.4 is 5.32 Å². The molecule has 1 aliphatic rings. The third-order valence-corrected chi connectivity index (χ3v) is 6.33. The molecule has 0 aromatic heterocycles. The number of nitrogens with zero attached hydrogens (tertiary/aromatic N) is 1. The fraction of sp³-hybridized carbons (Fsp3) is 0.440. The second-order valence-electron chi connectivity index (χ2n) is 9.18. The van der Waals surface area contributed by atoms with Crippen molar-refractivity contribution in [3.63, 3.8) is 0 Å². The van der Waals surface area contributed by atoms with E-state index < -0.39 is 0 Å². The fourth-order valence-corrected chi connectivity index (χ4v) is 4.98. The first-order chi connectivity index (χ1) is 14.2. The Hall–Kier alpha value is -2.14. The van der Waals surface area contributed by atoms with Crippen LogP contribution in [0, 0.1) is 6.92 Å². The van der Waals surface area contributed by atoms with Crippen LogP contribution in [0.4, 0.5) is 0 Å². The van der Waals surface area contributed by atoms with Gasteiger partial charge in [-0.3, -0.25) is 9.59 Å². The van der Waals surface area contributed by atoms with Gasteiger partial charge in [0.05, 0.1) is 10.9 Å². The van der Waals surface area contributed by atoms with Gasteiger partial charge in [0.15, 0.2) is 0 Å². The van der Waals surface area contributed by atoms with Crippen molar-refractivity contribution in [2.75, 3.05) is 6.54 Å². The zero-order chi connectivity index (χ0) is 21.9. The van der Waals surface area contributed by atoms with Crippen LogP contribution in [0.2, 0.25) is 0 Å². The molecule has 3 unspecified atom stereocenters. The van der Waals surface area contributed by atoms with Crippen LogP contribution in [0.15, 0.2) is 54.6 Å². The molecule has 1 aliphatic heterocycles. The molecular formula is C25H31BrN2O2. The maximum absolute atomic E-state index is 13.4. The molecular weight excluding hydrogens is 440 g/mol. The van der Waals surface area contributed by atoms with Gasteiger partial charge in [-0.1, -0.05) is 70.5 Å². The number of carbonyl (C=O) groups excluding carboxylic acids is 2. The zero-order valence-electron chi connectivity index (χ0n) is 18.2. The zero-order valence-corrected chi connectivity index (χ0v) is 19.8. The number of alkyl halides is 1. The van der Waals surface area contributed by atoms with Crippen LogP contribution in [0.25, 0.3) is 0 Å². The monoisotopic (exact) mass is 470 g/mol. The van der Waals surface area contributed by atoms with E-state index in [9.17, 15) is 9.59 Å². The fourth-order valence-electron chi connectivity index (χ4n) is 4.27. The highest BCUT2D eigenvalue weighted by molar-refractivity contribution is 9.10. The van der Waals surface area contributed by atoms with E-state index in [-0.39, 0.29) is 40.7 Å². The lowest BCUT2D eigenvalue weighted by Crippen LogP contribution is -2.49.